The predicted octanol–water partition coefficient (Wildman–Crippen LogP) is 0.946. The molecular weight excluding hydrogens is 268 g/mol. The zero-order valence-corrected chi connectivity index (χ0v) is 11.7. The van der Waals surface area contributed by atoms with Crippen LogP contribution in [-0.2, 0) is 17.9 Å². The van der Waals surface area contributed by atoms with E-state index in [0.29, 0.717) is 13.1 Å². The Kier molecular flexibility index (Phi) is 3.79. The molecule has 1 aromatic heterocycles. The van der Waals surface area contributed by atoms with E-state index in [1.807, 2.05) is 24.3 Å². The minimum absolute atomic E-state index is 0.0774. The number of rotatable bonds is 4. The maximum Gasteiger partial charge on any atom is 0.242 e. The molecular formula is C15H16N4O2. The summed E-state index contributed by atoms with van der Waals surface area (Å²) in [5.74, 6) is 0.700. The van der Waals surface area contributed by atoms with E-state index >= 15 is 0 Å². The van der Waals surface area contributed by atoms with Crippen molar-refractivity contribution in [3.8, 4) is 5.75 Å². The van der Waals surface area contributed by atoms with Gasteiger partial charge in [0.1, 0.15) is 18.1 Å². The largest absolute Gasteiger partial charge is 0.497 e. The van der Waals surface area contributed by atoms with Crippen molar-refractivity contribution in [3.05, 3.63) is 53.6 Å². The Morgan fingerprint density at radius 2 is 2.43 bits per heavy atom. The summed E-state index contributed by atoms with van der Waals surface area (Å²) in [6, 6.07) is 7.24. The third-order valence-corrected chi connectivity index (χ3v) is 3.47. The first-order valence-electron chi connectivity index (χ1n) is 6.70. The molecule has 1 atom stereocenters. The Labute approximate surface area is 122 Å². The lowest BCUT2D eigenvalue weighted by molar-refractivity contribution is -0.123. The number of fused-ring (bicyclic) bond motifs is 1. The van der Waals surface area contributed by atoms with E-state index in [1.54, 1.807) is 13.3 Å². The van der Waals surface area contributed by atoms with Gasteiger partial charge in [-0.25, -0.2) is 9.97 Å². The number of aromatic nitrogens is 2. The van der Waals surface area contributed by atoms with Crippen LogP contribution in [0.2, 0.25) is 0 Å². The summed E-state index contributed by atoms with van der Waals surface area (Å²) in [6.07, 6.45) is 3.19. The van der Waals surface area contributed by atoms with E-state index in [0.717, 1.165) is 22.6 Å². The smallest absolute Gasteiger partial charge is 0.242 e. The lowest BCUT2D eigenvalue weighted by atomic mass is 10.1. The Hall–Kier alpha value is -2.47. The first kappa shape index (κ1) is 13.5. The second-order valence-electron chi connectivity index (χ2n) is 4.81. The molecule has 1 aliphatic heterocycles. The molecule has 6 heteroatoms. The minimum Gasteiger partial charge on any atom is -0.497 e. The zero-order chi connectivity index (χ0) is 14.7. The molecule has 1 unspecified atom stereocenters. The Balaban J connectivity index is 1.65. The third-order valence-electron chi connectivity index (χ3n) is 3.47. The SMILES string of the molecule is COc1cccc(CNC(=O)C2NCc3ncncc32)c1. The summed E-state index contributed by atoms with van der Waals surface area (Å²) < 4.78 is 5.17. The van der Waals surface area contributed by atoms with Crippen LogP contribution >= 0.6 is 0 Å². The van der Waals surface area contributed by atoms with Crippen molar-refractivity contribution in [2.24, 2.45) is 0 Å². The highest BCUT2D eigenvalue weighted by Gasteiger charge is 2.28. The van der Waals surface area contributed by atoms with Crippen molar-refractivity contribution in [2.45, 2.75) is 19.1 Å². The number of hydrogen-bond donors (Lipinski definition) is 2. The van der Waals surface area contributed by atoms with Crippen LogP contribution in [0, 0.1) is 0 Å². The van der Waals surface area contributed by atoms with Crippen LogP contribution < -0.4 is 15.4 Å². The fourth-order valence-electron chi connectivity index (χ4n) is 2.37. The van der Waals surface area contributed by atoms with Gasteiger partial charge >= 0.3 is 0 Å². The number of benzene rings is 1. The number of nitrogens with zero attached hydrogens (tertiary/aromatic N) is 2. The number of carbonyl (C=O) groups is 1. The summed E-state index contributed by atoms with van der Waals surface area (Å²) in [7, 11) is 1.62. The summed E-state index contributed by atoms with van der Waals surface area (Å²) >= 11 is 0. The van der Waals surface area contributed by atoms with E-state index in [4.69, 9.17) is 4.74 Å². The molecule has 6 nitrogen and oxygen atoms in total. The van der Waals surface area contributed by atoms with E-state index in [2.05, 4.69) is 20.6 Å². The third kappa shape index (κ3) is 2.85. The van der Waals surface area contributed by atoms with Crippen molar-refractivity contribution < 1.29 is 9.53 Å². The molecule has 2 heterocycles. The summed E-state index contributed by atoms with van der Waals surface area (Å²) in [6.45, 7) is 1.05. The Morgan fingerprint density at radius 1 is 1.52 bits per heavy atom. The maximum atomic E-state index is 12.3. The van der Waals surface area contributed by atoms with Crippen molar-refractivity contribution in [3.63, 3.8) is 0 Å². The second-order valence-corrected chi connectivity index (χ2v) is 4.81. The number of methoxy groups -OCH3 is 1. The summed E-state index contributed by atoms with van der Waals surface area (Å²) in [5.41, 5.74) is 2.72. The molecule has 1 aromatic carbocycles. The standard InChI is InChI=1S/C15H16N4O2/c1-21-11-4-2-3-10(5-11)6-18-15(20)14-12-7-16-9-19-13(12)8-17-14/h2-5,7,9,14,17H,6,8H2,1H3,(H,18,20). The molecule has 2 aromatic rings. The lowest BCUT2D eigenvalue weighted by Crippen LogP contribution is -2.33. The van der Waals surface area contributed by atoms with Crippen LogP contribution in [0.1, 0.15) is 22.9 Å². The van der Waals surface area contributed by atoms with Crippen LogP contribution in [0.25, 0.3) is 0 Å². The topological polar surface area (TPSA) is 76.1 Å². The average molecular weight is 284 g/mol. The normalized spacial score (nSPS) is 16.3. The van der Waals surface area contributed by atoms with Crippen LogP contribution in [0.5, 0.6) is 5.75 Å². The van der Waals surface area contributed by atoms with Gasteiger partial charge in [0.2, 0.25) is 5.91 Å². The molecule has 0 fully saturated rings. The maximum absolute atomic E-state index is 12.3. The molecule has 0 aliphatic carbocycles. The van der Waals surface area contributed by atoms with E-state index in [1.165, 1.54) is 6.33 Å². The van der Waals surface area contributed by atoms with Gasteiger partial charge in [-0.05, 0) is 17.7 Å². The number of ether oxygens (including phenoxy) is 1. The lowest BCUT2D eigenvalue weighted by Gasteiger charge is -2.12. The van der Waals surface area contributed by atoms with Gasteiger partial charge in [0.05, 0.1) is 12.8 Å². The average Bonchev–Trinajstić information content (AvgIpc) is 2.97. The molecule has 0 bridgehead atoms. The van der Waals surface area contributed by atoms with Gasteiger partial charge < -0.3 is 10.1 Å². The van der Waals surface area contributed by atoms with E-state index in [-0.39, 0.29) is 11.9 Å². The number of nitrogens with one attached hydrogen (secondary N) is 2. The molecule has 0 radical (unpaired) electrons. The number of carbonyl (C=O) groups excluding carboxylic acids is 1. The summed E-state index contributed by atoms with van der Waals surface area (Å²) in [4.78, 5) is 20.4. The van der Waals surface area contributed by atoms with Crippen LogP contribution in [-0.4, -0.2) is 23.0 Å². The van der Waals surface area contributed by atoms with Crippen LogP contribution in [0.3, 0.4) is 0 Å². The highest BCUT2D eigenvalue weighted by atomic mass is 16.5. The van der Waals surface area contributed by atoms with Gasteiger partial charge in [-0.1, -0.05) is 12.1 Å². The molecule has 0 spiro atoms. The van der Waals surface area contributed by atoms with E-state index < -0.39 is 0 Å². The van der Waals surface area contributed by atoms with E-state index in [9.17, 15) is 4.79 Å². The fourth-order valence-corrected chi connectivity index (χ4v) is 2.37. The number of hydrogen-bond acceptors (Lipinski definition) is 5. The molecule has 21 heavy (non-hydrogen) atoms. The fraction of sp³-hybridized carbons (Fsp3) is 0.267. The van der Waals surface area contributed by atoms with Gasteiger partial charge in [-0.3, -0.25) is 10.1 Å². The number of amides is 1. The van der Waals surface area contributed by atoms with Crippen molar-refractivity contribution >= 4 is 5.91 Å². The van der Waals surface area contributed by atoms with Gasteiger partial charge in [-0.15, -0.1) is 0 Å². The highest BCUT2D eigenvalue weighted by Crippen LogP contribution is 2.22. The van der Waals surface area contributed by atoms with Gasteiger partial charge in [0, 0.05) is 24.8 Å². The molecule has 2 N–H and O–H groups in total. The highest BCUT2D eigenvalue weighted by molar-refractivity contribution is 5.84. The molecule has 1 amide bonds. The zero-order valence-electron chi connectivity index (χ0n) is 11.7. The summed E-state index contributed by atoms with van der Waals surface area (Å²) in [5, 5.41) is 6.06. The molecule has 108 valence electrons. The first-order chi connectivity index (χ1) is 10.3. The van der Waals surface area contributed by atoms with Crippen LogP contribution in [0.4, 0.5) is 0 Å². The van der Waals surface area contributed by atoms with Crippen molar-refractivity contribution in [1.29, 1.82) is 0 Å². The first-order valence-corrected chi connectivity index (χ1v) is 6.70. The van der Waals surface area contributed by atoms with Gasteiger partial charge in [-0.2, -0.15) is 0 Å². The molecule has 0 saturated carbocycles. The Bertz CT molecular complexity index is 660. The van der Waals surface area contributed by atoms with Gasteiger partial charge in [0.25, 0.3) is 0 Å². The van der Waals surface area contributed by atoms with Crippen molar-refractivity contribution in [1.82, 2.24) is 20.6 Å². The molecule has 0 saturated heterocycles. The van der Waals surface area contributed by atoms with Crippen LogP contribution in [0.15, 0.2) is 36.8 Å². The molecule has 3 rings (SSSR count). The monoisotopic (exact) mass is 284 g/mol. The quantitative estimate of drug-likeness (QED) is 0.874. The Morgan fingerprint density at radius 3 is 3.29 bits per heavy atom. The minimum atomic E-state index is -0.383. The van der Waals surface area contributed by atoms with Crippen molar-refractivity contribution in [2.75, 3.05) is 7.11 Å². The molecule has 1 aliphatic rings. The predicted molar refractivity (Wildman–Crippen MR) is 76.5 cm³/mol. The second kappa shape index (κ2) is 5.88. The van der Waals surface area contributed by atoms with Gasteiger partial charge in [0.15, 0.2) is 0 Å².